The van der Waals surface area contributed by atoms with Gasteiger partial charge >= 0.3 is 0 Å². The van der Waals surface area contributed by atoms with E-state index < -0.39 is 0 Å². The van der Waals surface area contributed by atoms with Crippen LogP contribution < -0.4 is 10.1 Å². The third-order valence-electron chi connectivity index (χ3n) is 3.53. The van der Waals surface area contributed by atoms with E-state index in [2.05, 4.69) is 10.3 Å². The molecule has 6 heteroatoms. The molecule has 3 aromatic rings. The maximum Gasteiger partial charge on any atom is 0.230 e. The Labute approximate surface area is 149 Å². The summed E-state index contributed by atoms with van der Waals surface area (Å²) in [6, 6.07) is 16.4. The van der Waals surface area contributed by atoms with Crippen molar-refractivity contribution in [3.63, 3.8) is 0 Å². The second-order valence-corrected chi connectivity index (χ2v) is 6.14. The summed E-state index contributed by atoms with van der Waals surface area (Å²) in [5, 5.41) is 14.3. The van der Waals surface area contributed by atoms with Crippen LogP contribution in [0.15, 0.2) is 53.9 Å². The number of nitriles is 1. The smallest absolute Gasteiger partial charge is 0.230 e. The number of nitrogens with one attached hydrogen (secondary N) is 1. The number of carbonyl (C=O) groups is 1. The highest BCUT2D eigenvalue weighted by Crippen LogP contribution is 2.26. The quantitative estimate of drug-likeness (QED) is 0.759. The molecule has 124 valence electrons. The zero-order valence-electron chi connectivity index (χ0n) is 13.5. The van der Waals surface area contributed by atoms with Gasteiger partial charge in [-0.1, -0.05) is 0 Å². The van der Waals surface area contributed by atoms with Gasteiger partial charge in [0.05, 0.1) is 30.9 Å². The van der Waals surface area contributed by atoms with Crippen molar-refractivity contribution in [3.8, 4) is 22.4 Å². The Balaban J connectivity index is 1.63. The average Bonchev–Trinajstić information content (AvgIpc) is 3.10. The molecule has 0 saturated carbocycles. The number of anilines is 1. The van der Waals surface area contributed by atoms with Crippen molar-refractivity contribution in [2.24, 2.45) is 0 Å². The number of carbonyl (C=O) groups excluding carboxylic acids is 1. The molecule has 0 atom stereocenters. The third-order valence-corrected chi connectivity index (χ3v) is 4.47. The van der Waals surface area contributed by atoms with E-state index in [0.29, 0.717) is 11.3 Å². The zero-order chi connectivity index (χ0) is 17.6. The van der Waals surface area contributed by atoms with Crippen molar-refractivity contribution >= 4 is 22.9 Å². The summed E-state index contributed by atoms with van der Waals surface area (Å²) in [5.74, 6) is 0.651. The molecule has 5 nitrogen and oxygen atoms in total. The number of hydrogen-bond donors (Lipinski definition) is 1. The monoisotopic (exact) mass is 349 g/mol. The van der Waals surface area contributed by atoms with Gasteiger partial charge in [-0.05, 0) is 48.5 Å². The summed E-state index contributed by atoms with van der Waals surface area (Å²) < 4.78 is 5.15. The van der Waals surface area contributed by atoms with Crippen LogP contribution in [0.2, 0.25) is 0 Å². The molecule has 3 rings (SSSR count). The molecule has 0 aliphatic rings. The van der Waals surface area contributed by atoms with Crippen molar-refractivity contribution < 1.29 is 9.53 Å². The molecule has 25 heavy (non-hydrogen) atoms. The minimum absolute atomic E-state index is 0.142. The summed E-state index contributed by atoms with van der Waals surface area (Å²) in [7, 11) is 1.63. The lowest BCUT2D eigenvalue weighted by Crippen LogP contribution is -2.14. The van der Waals surface area contributed by atoms with Crippen LogP contribution in [0, 0.1) is 11.3 Å². The SMILES string of the molecule is COc1ccc(-c2nc(CC(=O)Nc3ccc(C#N)cc3)cs2)cc1. The van der Waals surface area contributed by atoms with Crippen LogP contribution in [0.5, 0.6) is 5.75 Å². The molecule has 1 heterocycles. The number of hydrogen-bond acceptors (Lipinski definition) is 5. The van der Waals surface area contributed by atoms with Crippen LogP contribution in [-0.2, 0) is 11.2 Å². The van der Waals surface area contributed by atoms with E-state index in [9.17, 15) is 4.79 Å². The van der Waals surface area contributed by atoms with Crippen molar-refractivity contribution in [2.45, 2.75) is 6.42 Å². The first-order valence-corrected chi connectivity index (χ1v) is 8.45. The van der Waals surface area contributed by atoms with Gasteiger partial charge in [-0.15, -0.1) is 11.3 Å². The molecule has 0 saturated heterocycles. The first-order chi connectivity index (χ1) is 12.2. The Bertz CT molecular complexity index is 909. The number of thiazole rings is 1. The Kier molecular flexibility index (Phi) is 5.07. The largest absolute Gasteiger partial charge is 0.497 e. The van der Waals surface area contributed by atoms with Crippen molar-refractivity contribution in [3.05, 3.63) is 65.2 Å². The highest BCUT2D eigenvalue weighted by molar-refractivity contribution is 7.13. The molecule has 0 spiro atoms. The maximum absolute atomic E-state index is 12.1. The summed E-state index contributed by atoms with van der Waals surface area (Å²) in [5.41, 5.74) is 2.93. The number of benzene rings is 2. The fourth-order valence-corrected chi connectivity index (χ4v) is 3.08. The number of aromatic nitrogens is 1. The van der Waals surface area contributed by atoms with Gasteiger partial charge in [0.15, 0.2) is 0 Å². The fourth-order valence-electron chi connectivity index (χ4n) is 2.25. The molecule has 2 aromatic carbocycles. The minimum atomic E-state index is -0.142. The van der Waals surface area contributed by atoms with Gasteiger partial charge < -0.3 is 10.1 Å². The average molecular weight is 349 g/mol. The molecule has 0 unspecified atom stereocenters. The number of rotatable bonds is 5. The van der Waals surface area contributed by atoms with Gasteiger partial charge in [-0.2, -0.15) is 5.26 Å². The van der Waals surface area contributed by atoms with E-state index in [1.165, 1.54) is 11.3 Å². The van der Waals surface area contributed by atoms with Crippen LogP contribution in [0.4, 0.5) is 5.69 Å². The third kappa shape index (κ3) is 4.22. The van der Waals surface area contributed by atoms with E-state index in [4.69, 9.17) is 10.00 Å². The lowest BCUT2D eigenvalue weighted by atomic mass is 10.2. The predicted octanol–water partition coefficient (Wildman–Crippen LogP) is 3.87. The van der Waals surface area contributed by atoms with Crippen LogP contribution >= 0.6 is 11.3 Å². The first-order valence-electron chi connectivity index (χ1n) is 7.57. The van der Waals surface area contributed by atoms with Gasteiger partial charge in [-0.3, -0.25) is 4.79 Å². The Morgan fingerprint density at radius 2 is 1.92 bits per heavy atom. The minimum Gasteiger partial charge on any atom is -0.497 e. The highest BCUT2D eigenvalue weighted by atomic mass is 32.1. The molecule has 1 aromatic heterocycles. The van der Waals surface area contributed by atoms with E-state index in [0.717, 1.165) is 22.0 Å². The van der Waals surface area contributed by atoms with E-state index in [-0.39, 0.29) is 12.3 Å². The number of nitrogens with zero attached hydrogens (tertiary/aromatic N) is 2. The number of ether oxygens (including phenoxy) is 1. The molecule has 1 amide bonds. The molecule has 0 aliphatic carbocycles. The van der Waals surface area contributed by atoms with Gasteiger partial charge in [0.2, 0.25) is 5.91 Å². The van der Waals surface area contributed by atoms with Crippen molar-refractivity contribution in [1.29, 1.82) is 5.26 Å². The highest BCUT2D eigenvalue weighted by Gasteiger charge is 2.09. The summed E-state index contributed by atoms with van der Waals surface area (Å²) >= 11 is 1.50. The van der Waals surface area contributed by atoms with Gasteiger partial charge in [-0.25, -0.2) is 4.98 Å². The normalized spacial score (nSPS) is 10.1. The fraction of sp³-hybridized carbons (Fsp3) is 0.105. The Hall–Kier alpha value is -3.17. The summed E-state index contributed by atoms with van der Waals surface area (Å²) in [6.45, 7) is 0. The molecule has 0 bridgehead atoms. The predicted molar refractivity (Wildman–Crippen MR) is 97.6 cm³/mol. The number of amides is 1. The first kappa shape index (κ1) is 16.7. The number of methoxy groups -OCH3 is 1. The van der Waals surface area contributed by atoms with Crippen LogP contribution in [-0.4, -0.2) is 18.0 Å². The standard InChI is InChI=1S/C19H15N3O2S/c1-24-17-8-4-14(5-9-17)19-22-16(12-25-19)10-18(23)21-15-6-2-13(11-20)3-7-15/h2-9,12H,10H2,1H3,(H,21,23). The molecule has 0 fully saturated rings. The summed E-state index contributed by atoms with van der Waals surface area (Å²) in [4.78, 5) is 16.7. The van der Waals surface area contributed by atoms with E-state index in [1.54, 1.807) is 31.4 Å². The lowest BCUT2D eigenvalue weighted by molar-refractivity contribution is -0.115. The second-order valence-electron chi connectivity index (χ2n) is 5.29. The lowest BCUT2D eigenvalue weighted by Gasteiger charge is -2.03. The van der Waals surface area contributed by atoms with Crippen LogP contribution in [0.3, 0.4) is 0 Å². The maximum atomic E-state index is 12.1. The Morgan fingerprint density at radius 3 is 2.56 bits per heavy atom. The molecule has 0 radical (unpaired) electrons. The molecule has 0 aliphatic heterocycles. The van der Waals surface area contributed by atoms with Crippen molar-refractivity contribution in [2.75, 3.05) is 12.4 Å². The van der Waals surface area contributed by atoms with E-state index in [1.807, 2.05) is 35.7 Å². The Morgan fingerprint density at radius 1 is 1.20 bits per heavy atom. The van der Waals surface area contributed by atoms with Crippen LogP contribution in [0.1, 0.15) is 11.3 Å². The van der Waals surface area contributed by atoms with Gasteiger partial charge in [0.25, 0.3) is 0 Å². The zero-order valence-corrected chi connectivity index (χ0v) is 14.3. The van der Waals surface area contributed by atoms with E-state index >= 15 is 0 Å². The molecular formula is C19H15N3O2S. The van der Waals surface area contributed by atoms with Gasteiger partial charge in [0, 0.05) is 16.6 Å². The molecular weight excluding hydrogens is 334 g/mol. The topological polar surface area (TPSA) is 75.0 Å². The summed E-state index contributed by atoms with van der Waals surface area (Å²) in [6.07, 6.45) is 0.201. The van der Waals surface area contributed by atoms with Gasteiger partial charge in [0.1, 0.15) is 10.8 Å². The molecule has 1 N–H and O–H groups in total. The van der Waals surface area contributed by atoms with Crippen LogP contribution in [0.25, 0.3) is 10.6 Å². The van der Waals surface area contributed by atoms with Crippen molar-refractivity contribution in [1.82, 2.24) is 4.98 Å². The second kappa shape index (κ2) is 7.60.